The Kier molecular flexibility index (Phi) is 50.0. The smallest absolute Gasteiger partial charge is 0.462 e. The summed E-state index contributed by atoms with van der Waals surface area (Å²) in [6.45, 7) is 4.30. The Morgan fingerprint density at radius 3 is 1.20 bits per heavy atom. The highest BCUT2D eigenvalue weighted by atomic mass is 31.2. The molecular formula is C61H109NO8P+. The van der Waals surface area contributed by atoms with Crippen LogP contribution in [-0.4, -0.2) is 74.9 Å². The summed E-state index contributed by atoms with van der Waals surface area (Å²) < 4.78 is 34.5. The van der Waals surface area contributed by atoms with Crippen LogP contribution in [0.1, 0.15) is 239 Å². The first-order valence-corrected chi connectivity index (χ1v) is 30.3. The molecule has 0 bridgehead atoms. The van der Waals surface area contributed by atoms with E-state index < -0.39 is 26.5 Å². The van der Waals surface area contributed by atoms with Gasteiger partial charge in [-0.05, 0) is 70.6 Å². The SMILES string of the molecule is CC/C=C\C/C=C\C/C=C\C/C=C\C/C=C\C/C=C\C/C=C\CCCCCC(=O)OC(COC(=O)CCCCCCCCCCCCCCCCCCCCCCCC)COP(=O)(O)OCC[N+](C)(C)C. The lowest BCUT2D eigenvalue weighted by atomic mass is 10.0. The number of quaternary nitrogens is 1. The third-order valence-corrected chi connectivity index (χ3v) is 13.2. The lowest BCUT2D eigenvalue weighted by molar-refractivity contribution is -0.870. The van der Waals surface area contributed by atoms with Crippen LogP contribution in [0.3, 0.4) is 0 Å². The maximum atomic E-state index is 12.8. The summed E-state index contributed by atoms with van der Waals surface area (Å²) in [5.41, 5.74) is 0. The molecule has 0 amide bonds. The van der Waals surface area contributed by atoms with Crippen molar-refractivity contribution in [1.29, 1.82) is 0 Å². The van der Waals surface area contributed by atoms with Gasteiger partial charge in [-0.1, -0.05) is 240 Å². The molecule has 2 atom stereocenters. The number of carbonyl (C=O) groups is 2. The Morgan fingerprint density at radius 1 is 0.451 bits per heavy atom. The topological polar surface area (TPSA) is 108 Å². The van der Waals surface area contributed by atoms with E-state index in [1.165, 1.54) is 122 Å². The van der Waals surface area contributed by atoms with Crippen LogP contribution in [0.15, 0.2) is 85.1 Å². The van der Waals surface area contributed by atoms with Crippen molar-refractivity contribution in [3.63, 3.8) is 0 Å². The summed E-state index contributed by atoms with van der Waals surface area (Å²) in [7, 11) is 1.45. The average molecular weight is 1020 g/mol. The highest BCUT2D eigenvalue weighted by Gasteiger charge is 2.27. The molecule has 2 unspecified atom stereocenters. The maximum Gasteiger partial charge on any atom is 0.472 e. The number of phosphoric acid groups is 1. The normalized spacial score (nSPS) is 13.9. The summed E-state index contributed by atoms with van der Waals surface area (Å²) in [5.74, 6) is -0.833. The summed E-state index contributed by atoms with van der Waals surface area (Å²) in [6, 6.07) is 0. The first kappa shape index (κ1) is 68.2. The Labute approximate surface area is 437 Å². The molecule has 0 rings (SSSR count). The van der Waals surface area contributed by atoms with E-state index in [1.807, 2.05) is 21.1 Å². The van der Waals surface area contributed by atoms with Gasteiger partial charge < -0.3 is 18.9 Å². The zero-order chi connectivity index (χ0) is 52.0. The first-order valence-electron chi connectivity index (χ1n) is 28.8. The highest BCUT2D eigenvalue weighted by molar-refractivity contribution is 7.47. The quantitative estimate of drug-likeness (QED) is 0.0211. The van der Waals surface area contributed by atoms with Crippen molar-refractivity contribution >= 4 is 19.8 Å². The molecule has 10 heteroatoms. The van der Waals surface area contributed by atoms with E-state index in [1.54, 1.807) is 0 Å². The van der Waals surface area contributed by atoms with Crippen LogP contribution in [0.25, 0.3) is 0 Å². The Balaban J connectivity index is 4.26. The highest BCUT2D eigenvalue weighted by Crippen LogP contribution is 2.43. The fourth-order valence-corrected chi connectivity index (χ4v) is 8.50. The Bertz CT molecular complexity index is 1470. The van der Waals surface area contributed by atoms with Crippen LogP contribution < -0.4 is 0 Å². The van der Waals surface area contributed by atoms with Gasteiger partial charge in [-0.3, -0.25) is 18.6 Å². The fourth-order valence-electron chi connectivity index (χ4n) is 7.76. The van der Waals surface area contributed by atoms with Crippen LogP contribution >= 0.6 is 7.82 Å². The van der Waals surface area contributed by atoms with Crippen molar-refractivity contribution in [1.82, 2.24) is 0 Å². The second-order valence-electron chi connectivity index (χ2n) is 20.3. The number of rotatable bonds is 52. The van der Waals surface area contributed by atoms with E-state index in [0.717, 1.165) is 83.5 Å². The van der Waals surface area contributed by atoms with Crippen LogP contribution in [0.2, 0.25) is 0 Å². The molecule has 0 aliphatic carbocycles. The fraction of sp³-hybridized carbons (Fsp3) is 0.738. The number of allylic oxidation sites excluding steroid dienone is 14. The first-order chi connectivity index (χ1) is 34.5. The van der Waals surface area contributed by atoms with Gasteiger partial charge in [0.25, 0.3) is 0 Å². The second-order valence-corrected chi connectivity index (χ2v) is 21.8. The molecule has 0 saturated carbocycles. The standard InChI is InChI=1S/C61H108NO8P/c1-6-8-10-12-14-16-18-20-22-24-26-28-30-31-32-34-36-38-40-42-44-46-48-50-52-54-61(64)70-59(58-69-71(65,66)68-56-55-62(3,4)5)57-67-60(63)53-51-49-47-45-43-41-39-37-35-33-29-27-25-23-21-19-17-15-13-11-9-7-2/h8,10,14,16,20,22,26,28,31-32,36,38,42,44,59H,6-7,9,11-13,15,17-19,21,23-25,27,29-30,33-35,37,39-41,43,45-58H2,1-5H3/p+1/b10-8-,16-14-,22-20-,28-26-,32-31-,38-36-,44-42-. The molecule has 0 radical (unpaired) electrons. The number of hydrogen-bond donors (Lipinski definition) is 1. The number of unbranched alkanes of at least 4 members (excludes halogenated alkanes) is 24. The number of likely N-dealkylation sites (N-methyl/N-ethyl adjacent to an activating group) is 1. The molecule has 0 aromatic carbocycles. The van der Waals surface area contributed by atoms with Crippen LogP contribution in [0, 0.1) is 0 Å². The number of ether oxygens (including phenoxy) is 2. The van der Waals surface area contributed by atoms with Gasteiger partial charge in [0.2, 0.25) is 0 Å². The van der Waals surface area contributed by atoms with Gasteiger partial charge >= 0.3 is 19.8 Å². The van der Waals surface area contributed by atoms with E-state index in [0.29, 0.717) is 17.4 Å². The third-order valence-electron chi connectivity index (χ3n) is 12.2. The van der Waals surface area contributed by atoms with Crippen molar-refractivity contribution < 1.29 is 42.1 Å². The molecule has 0 aliphatic rings. The van der Waals surface area contributed by atoms with Crippen molar-refractivity contribution in [2.75, 3.05) is 47.5 Å². The van der Waals surface area contributed by atoms with Gasteiger partial charge in [-0.2, -0.15) is 0 Å². The maximum absolute atomic E-state index is 12.8. The number of nitrogens with zero attached hydrogens (tertiary/aromatic N) is 1. The monoisotopic (exact) mass is 1010 g/mol. The molecule has 0 aromatic rings. The van der Waals surface area contributed by atoms with Crippen molar-refractivity contribution in [2.24, 2.45) is 0 Å². The van der Waals surface area contributed by atoms with E-state index in [-0.39, 0.29) is 32.0 Å². The zero-order valence-corrected chi connectivity index (χ0v) is 47.3. The number of esters is 2. The Hall–Kier alpha value is -2.81. The van der Waals surface area contributed by atoms with Gasteiger partial charge in [-0.25, -0.2) is 4.57 Å². The molecule has 71 heavy (non-hydrogen) atoms. The predicted molar refractivity (Wildman–Crippen MR) is 302 cm³/mol. The molecular weight excluding hydrogens is 906 g/mol. The van der Waals surface area contributed by atoms with Gasteiger partial charge in [0.15, 0.2) is 6.10 Å². The number of hydrogen-bond acceptors (Lipinski definition) is 7. The van der Waals surface area contributed by atoms with Gasteiger partial charge in [0.05, 0.1) is 27.7 Å². The molecule has 9 nitrogen and oxygen atoms in total. The van der Waals surface area contributed by atoms with Gasteiger partial charge in [-0.15, -0.1) is 0 Å². The summed E-state index contributed by atoms with van der Waals surface area (Å²) in [5, 5.41) is 0. The minimum absolute atomic E-state index is 0.0218. The van der Waals surface area contributed by atoms with Gasteiger partial charge in [0.1, 0.15) is 19.8 Å². The third kappa shape index (κ3) is 56.3. The van der Waals surface area contributed by atoms with Crippen molar-refractivity contribution in [2.45, 2.75) is 245 Å². The molecule has 0 saturated heterocycles. The molecule has 0 fully saturated rings. The van der Waals surface area contributed by atoms with Gasteiger partial charge in [0, 0.05) is 12.8 Å². The molecule has 0 aromatic heterocycles. The molecule has 1 N–H and O–H groups in total. The van der Waals surface area contributed by atoms with E-state index in [9.17, 15) is 19.0 Å². The summed E-state index contributed by atoms with van der Waals surface area (Å²) >= 11 is 0. The van der Waals surface area contributed by atoms with E-state index in [4.69, 9.17) is 18.5 Å². The molecule has 0 spiro atoms. The van der Waals surface area contributed by atoms with Crippen molar-refractivity contribution in [3.05, 3.63) is 85.1 Å². The average Bonchev–Trinajstić information content (AvgIpc) is 3.33. The molecule has 0 heterocycles. The largest absolute Gasteiger partial charge is 0.472 e. The lowest BCUT2D eigenvalue weighted by Gasteiger charge is -2.24. The van der Waals surface area contributed by atoms with Crippen LogP contribution in [-0.2, 0) is 32.7 Å². The van der Waals surface area contributed by atoms with Crippen LogP contribution in [0.4, 0.5) is 0 Å². The second kappa shape index (κ2) is 52.1. The van der Waals surface area contributed by atoms with E-state index in [2.05, 4.69) is 98.9 Å². The minimum atomic E-state index is -4.40. The van der Waals surface area contributed by atoms with Crippen molar-refractivity contribution in [3.8, 4) is 0 Å². The summed E-state index contributed by atoms with van der Waals surface area (Å²) in [6.07, 6.45) is 69.4. The Morgan fingerprint density at radius 2 is 0.803 bits per heavy atom. The van der Waals surface area contributed by atoms with E-state index >= 15 is 0 Å². The molecule has 0 aliphatic heterocycles. The summed E-state index contributed by atoms with van der Waals surface area (Å²) in [4.78, 5) is 35.7. The minimum Gasteiger partial charge on any atom is -0.462 e. The lowest BCUT2D eigenvalue weighted by Crippen LogP contribution is -2.37. The van der Waals surface area contributed by atoms with Crippen LogP contribution in [0.5, 0.6) is 0 Å². The predicted octanol–water partition coefficient (Wildman–Crippen LogP) is 17.9. The zero-order valence-electron chi connectivity index (χ0n) is 46.4. The molecule has 410 valence electrons. The number of carbonyl (C=O) groups excluding carboxylic acids is 2. The number of phosphoric ester groups is 1.